The maximum absolute atomic E-state index is 12.6. The van der Waals surface area contributed by atoms with Gasteiger partial charge in [0.1, 0.15) is 0 Å². The molecule has 1 aliphatic heterocycles. The Labute approximate surface area is 132 Å². The van der Waals surface area contributed by atoms with Crippen LogP contribution in [-0.2, 0) is 9.53 Å². The van der Waals surface area contributed by atoms with Crippen LogP contribution in [0.25, 0.3) is 0 Å². The molecule has 0 saturated carbocycles. The molecule has 1 amide bonds. The van der Waals surface area contributed by atoms with Crippen LogP contribution in [0.3, 0.4) is 0 Å². The van der Waals surface area contributed by atoms with Crippen molar-refractivity contribution >= 4 is 40.8 Å². The smallest absolute Gasteiger partial charge is 0.307 e. The molecule has 114 valence electrons. The van der Waals surface area contributed by atoms with E-state index in [1.54, 1.807) is 4.90 Å². The summed E-state index contributed by atoms with van der Waals surface area (Å²) in [4.78, 5) is 25.6. The third-order valence-corrected chi connectivity index (χ3v) is 4.22. The predicted octanol–water partition coefficient (Wildman–Crippen LogP) is 2.74. The molecule has 5 nitrogen and oxygen atoms in total. The van der Waals surface area contributed by atoms with Gasteiger partial charge in [-0.25, -0.2) is 0 Å². The number of rotatable bonds is 3. The first kappa shape index (κ1) is 15.9. The number of carbonyl (C=O) groups excluding carboxylic acids is 2. The van der Waals surface area contributed by atoms with Crippen molar-refractivity contribution in [2.45, 2.75) is 25.3 Å². The lowest BCUT2D eigenvalue weighted by Crippen LogP contribution is -2.37. The van der Waals surface area contributed by atoms with Crippen molar-refractivity contribution in [2.24, 2.45) is 0 Å². The van der Waals surface area contributed by atoms with E-state index < -0.39 is 0 Å². The maximum atomic E-state index is 12.6. The molecule has 21 heavy (non-hydrogen) atoms. The van der Waals surface area contributed by atoms with Gasteiger partial charge >= 0.3 is 5.97 Å². The molecule has 0 spiro atoms. The second-order valence-electron chi connectivity index (χ2n) is 4.93. The first-order valence-corrected chi connectivity index (χ1v) is 7.32. The number of halogens is 2. The summed E-state index contributed by atoms with van der Waals surface area (Å²) < 4.78 is 4.66. The van der Waals surface area contributed by atoms with E-state index >= 15 is 0 Å². The van der Waals surface area contributed by atoms with Crippen LogP contribution in [0.5, 0.6) is 0 Å². The van der Waals surface area contributed by atoms with Gasteiger partial charge in [-0.1, -0.05) is 23.2 Å². The fourth-order valence-corrected chi connectivity index (χ4v) is 2.95. The maximum Gasteiger partial charge on any atom is 0.307 e. The molecule has 0 unspecified atom stereocenters. The normalized spacial score (nSPS) is 17.9. The van der Waals surface area contributed by atoms with Crippen molar-refractivity contribution < 1.29 is 14.3 Å². The van der Waals surface area contributed by atoms with E-state index in [4.69, 9.17) is 28.9 Å². The number of anilines is 1. The molecule has 1 aromatic rings. The molecule has 2 N–H and O–H groups in total. The van der Waals surface area contributed by atoms with E-state index in [9.17, 15) is 9.59 Å². The highest BCUT2D eigenvalue weighted by Gasteiger charge is 2.31. The number of nitrogen functional groups attached to an aromatic ring is 1. The van der Waals surface area contributed by atoms with Crippen LogP contribution in [0.4, 0.5) is 5.69 Å². The van der Waals surface area contributed by atoms with Crippen molar-refractivity contribution in [1.82, 2.24) is 4.90 Å². The highest BCUT2D eigenvalue weighted by Crippen LogP contribution is 2.31. The number of carbonyl (C=O) groups is 2. The number of esters is 1. The van der Waals surface area contributed by atoms with Crippen molar-refractivity contribution in [3.05, 3.63) is 27.7 Å². The van der Waals surface area contributed by atoms with Crippen LogP contribution in [0.2, 0.25) is 10.0 Å². The third kappa shape index (κ3) is 3.41. The standard InChI is InChI=1S/C14H16Cl2N2O3/c1-21-12(19)7-9-3-2-4-18(9)14(20)8-5-10(15)13(17)11(16)6-8/h5-6,9H,2-4,7,17H2,1H3/t9-/m1/s1. The highest BCUT2D eigenvalue weighted by atomic mass is 35.5. The lowest BCUT2D eigenvalue weighted by Gasteiger charge is -2.24. The number of hydrogen-bond acceptors (Lipinski definition) is 4. The Balaban J connectivity index is 2.20. The van der Waals surface area contributed by atoms with Gasteiger partial charge in [-0.05, 0) is 25.0 Å². The van der Waals surface area contributed by atoms with Gasteiger partial charge in [0, 0.05) is 18.2 Å². The van der Waals surface area contributed by atoms with Crippen LogP contribution < -0.4 is 5.73 Å². The summed E-state index contributed by atoms with van der Waals surface area (Å²) in [6.45, 7) is 0.597. The Morgan fingerprint density at radius 2 is 2.00 bits per heavy atom. The zero-order valence-electron chi connectivity index (χ0n) is 11.6. The summed E-state index contributed by atoms with van der Waals surface area (Å²) in [5, 5.41) is 0.490. The minimum Gasteiger partial charge on any atom is -0.469 e. The summed E-state index contributed by atoms with van der Waals surface area (Å²) >= 11 is 11.9. The van der Waals surface area contributed by atoms with Gasteiger partial charge in [0.25, 0.3) is 5.91 Å². The van der Waals surface area contributed by atoms with Gasteiger partial charge in [0.05, 0.1) is 29.3 Å². The quantitative estimate of drug-likeness (QED) is 0.683. The molecule has 0 aliphatic carbocycles. The molecule has 1 saturated heterocycles. The molecule has 0 bridgehead atoms. The molecular formula is C14H16Cl2N2O3. The van der Waals surface area contributed by atoms with Gasteiger partial charge in [-0.2, -0.15) is 0 Å². The minimum atomic E-state index is -0.326. The average molecular weight is 331 g/mol. The molecule has 1 fully saturated rings. The largest absolute Gasteiger partial charge is 0.469 e. The third-order valence-electron chi connectivity index (χ3n) is 3.59. The minimum absolute atomic E-state index is 0.153. The number of ether oxygens (including phenoxy) is 1. The summed E-state index contributed by atoms with van der Waals surface area (Å²) in [7, 11) is 1.34. The number of nitrogens with two attached hydrogens (primary N) is 1. The first-order valence-electron chi connectivity index (χ1n) is 6.56. The molecule has 1 aliphatic rings. The Morgan fingerprint density at radius 3 is 2.57 bits per heavy atom. The number of methoxy groups -OCH3 is 1. The van der Waals surface area contributed by atoms with Crippen molar-refractivity contribution in [3.8, 4) is 0 Å². The molecule has 0 radical (unpaired) electrons. The summed E-state index contributed by atoms with van der Waals surface area (Å²) in [5.41, 5.74) is 6.29. The zero-order chi connectivity index (χ0) is 15.6. The van der Waals surface area contributed by atoms with Gasteiger partial charge in [0.15, 0.2) is 0 Å². The molecule has 1 atom stereocenters. The lowest BCUT2D eigenvalue weighted by atomic mass is 10.1. The number of benzene rings is 1. The van der Waals surface area contributed by atoms with Crippen LogP contribution in [-0.4, -0.2) is 36.5 Å². The number of nitrogens with zero attached hydrogens (tertiary/aromatic N) is 1. The second kappa shape index (κ2) is 6.54. The fraction of sp³-hybridized carbons (Fsp3) is 0.429. The molecule has 1 aromatic carbocycles. The fourth-order valence-electron chi connectivity index (χ4n) is 2.46. The van der Waals surface area contributed by atoms with E-state index in [2.05, 4.69) is 4.74 Å². The Kier molecular flexibility index (Phi) is 4.96. The number of likely N-dealkylation sites (tertiary alicyclic amines) is 1. The number of hydrogen-bond donors (Lipinski definition) is 1. The SMILES string of the molecule is COC(=O)C[C@H]1CCCN1C(=O)c1cc(Cl)c(N)c(Cl)c1. The predicted molar refractivity (Wildman–Crippen MR) is 81.6 cm³/mol. The summed E-state index contributed by atoms with van der Waals surface area (Å²) in [5.74, 6) is -0.529. The topological polar surface area (TPSA) is 72.6 Å². The Bertz CT molecular complexity index is 554. The lowest BCUT2D eigenvalue weighted by molar-refractivity contribution is -0.141. The Morgan fingerprint density at radius 1 is 1.38 bits per heavy atom. The molecule has 2 rings (SSSR count). The summed E-state index contributed by atoms with van der Waals surface area (Å²) in [6, 6.07) is 2.84. The zero-order valence-corrected chi connectivity index (χ0v) is 13.1. The van der Waals surface area contributed by atoms with E-state index in [1.807, 2.05) is 0 Å². The van der Waals surface area contributed by atoms with Crippen molar-refractivity contribution in [1.29, 1.82) is 0 Å². The molecule has 0 aromatic heterocycles. The van der Waals surface area contributed by atoms with Gasteiger partial charge in [-0.15, -0.1) is 0 Å². The molecule has 7 heteroatoms. The highest BCUT2D eigenvalue weighted by molar-refractivity contribution is 6.39. The van der Waals surface area contributed by atoms with Gasteiger partial charge in [-0.3, -0.25) is 9.59 Å². The van der Waals surface area contributed by atoms with Crippen LogP contribution in [0.1, 0.15) is 29.6 Å². The van der Waals surface area contributed by atoms with E-state index in [1.165, 1.54) is 19.2 Å². The van der Waals surface area contributed by atoms with Gasteiger partial charge < -0.3 is 15.4 Å². The molecule has 1 heterocycles. The monoisotopic (exact) mass is 330 g/mol. The van der Waals surface area contributed by atoms with Gasteiger partial charge in [0.2, 0.25) is 0 Å². The van der Waals surface area contributed by atoms with E-state index in [-0.39, 0.29) is 40.1 Å². The average Bonchev–Trinajstić information content (AvgIpc) is 2.91. The summed E-state index contributed by atoms with van der Waals surface area (Å²) in [6.07, 6.45) is 1.82. The van der Waals surface area contributed by atoms with E-state index in [0.29, 0.717) is 12.1 Å². The van der Waals surface area contributed by atoms with Crippen molar-refractivity contribution in [3.63, 3.8) is 0 Å². The van der Waals surface area contributed by atoms with Crippen LogP contribution >= 0.6 is 23.2 Å². The van der Waals surface area contributed by atoms with Crippen molar-refractivity contribution in [2.75, 3.05) is 19.4 Å². The number of amides is 1. The van der Waals surface area contributed by atoms with E-state index in [0.717, 1.165) is 12.8 Å². The Hall–Kier alpha value is -1.46. The first-order chi connectivity index (χ1) is 9.93. The second-order valence-corrected chi connectivity index (χ2v) is 5.74. The molecular weight excluding hydrogens is 315 g/mol. The van der Waals surface area contributed by atoms with Crippen LogP contribution in [0.15, 0.2) is 12.1 Å². The van der Waals surface area contributed by atoms with Crippen LogP contribution in [0, 0.1) is 0 Å².